The summed E-state index contributed by atoms with van der Waals surface area (Å²) >= 11 is 0. The Morgan fingerprint density at radius 1 is 1.02 bits per heavy atom. The predicted octanol–water partition coefficient (Wildman–Crippen LogP) is 4.40. The van der Waals surface area contributed by atoms with E-state index >= 15 is 0 Å². The molecule has 13 heteroatoms. The van der Waals surface area contributed by atoms with E-state index in [2.05, 4.69) is 4.52 Å². The van der Waals surface area contributed by atoms with E-state index in [1.54, 1.807) is 6.08 Å². The molecule has 3 aromatic carbocycles. The van der Waals surface area contributed by atoms with Crippen LogP contribution < -0.4 is 15.2 Å². The average Bonchev–Trinajstić information content (AvgIpc) is 3.02. The van der Waals surface area contributed by atoms with Gasteiger partial charge in [-0.25, -0.2) is 4.57 Å². The van der Waals surface area contributed by atoms with E-state index in [-0.39, 0.29) is 19.6 Å². The summed E-state index contributed by atoms with van der Waals surface area (Å²) < 4.78 is 44.9. The number of aliphatic carboxylic acids is 1. The highest BCUT2D eigenvalue weighted by molar-refractivity contribution is 7.47. The second kappa shape index (κ2) is 16.2. The van der Waals surface area contributed by atoms with Gasteiger partial charge in [0.25, 0.3) is 0 Å². The Kier molecular flexibility index (Phi) is 12.1. The van der Waals surface area contributed by atoms with Crippen molar-refractivity contribution >= 4 is 19.8 Å². The van der Waals surface area contributed by atoms with Crippen LogP contribution in [0.2, 0.25) is 0 Å². The van der Waals surface area contributed by atoms with Crippen molar-refractivity contribution < 1.29 is 52.1 Å². The molecule has 0 fully saturated rings. The van der Waals surface area contributed by atoms with Gasteiger partial charge in [0, 0.05) is 6.42 Å². The van der Waals surface area contributed by atoms with Crippen molar-refractivity contribution in [3.8, 4) is 17.2 Å². The van der Waals surface area contributed by atoms with Crippen LogP contribution in [0.25, 0.3) is 0 Å². The fourth-order valence-corrected chi connectivity index (χ4v) is 5.01. The summed E-state index contributed by atoms with van der Waals surface area (Å²) in [5, 5.41) is 8.81. The first-order valence-corrected chi connectivity index (χ1v) is 15.3. The fourth-order valence-electron chi connectivity index (χ4n) is 4.08. The van der Waals surface area contributed by atoms with Crippen LogP contribution in [0, 0.1) is 0 Å². The summed E-state index contributed by atoms with van der Waals surface area (Å²) in [6.07, 6.45) is 1.46. The lowest BCUT2D eigenvalue weighted by Gasteiger charge is -2.28. The first kappa shape index (κ1) is 32.9. The van der Waals surface area contributed by atoms with Crippen molar-refractivity contribution in [1.82, 2.24) is 0 Å². The Hall–Kier alpha value is -4.03. The van der Waals surface area contributed by atoms with Crippen LogP contribution >= 0.6 is 7.82 Å². The van der Waals surface area contributed by atoms with Gasteiger partial charge in [-0.15, -0.1) is 0 Å². The molecular formula is C31H34NO11P. The molecule has 0 bridgehead atoms. The molecule has 0 saturated heterocycles. The van der Waals surface area contributed by atoms with Gasteiger partial charge in [0.05, 0.1) is 13.2 Å². The van der Waals surface area contributed by atoms with Crippen molar-refractivity contribution in [2.75, 3.05) is 19.8 Å². The molecule has 1 aliphatic rings. The molecule has 1 aliphatic heterocycles. The SMILES string of the molecule is N[C@@H](COP(=O)(O)OC1C=CCO[C@@H]1COC(=O)CCc1ccccc1OCc1cccc(Oc2ccccc2)c1)C(=O)O. The number of rotatable bonds is 16. The Labute approximate surface area is 254 Å². The van der Waals surface area contributed by atoms with Crippen LogP contribution in [-0.2, 0) is 45.7 Å². The monoisotopic (exact) mass is 627 g/mol. The molecule has 0 aliphatic carbocycles. The molecule has 44 heavy (non-hydrogen) atoms. The number of aryl methyl sites for hydroxylation is 1. The Morgan fingerprint density at radius 3 is 2.57 bits per heavy atom. The molecule has 0 amide bonds. The number of benzene rings is 3. The van der Waals surface area contributed by atoms with E-state index in [0.717, 1.165) is 16.9 Å². The normalized spacial score (nSPS) is 18.1. The third kappa shape index (κ3) is 10.6. The van der Waals surface area contributed by atoms with Gasteiger partial charge < -0.3 is 34.7 Å². The zero-order valence-corrected chi connectivity index (χ0v) is 24.6. The third-order valence-corrected chi connectivity index (χ3v) is 7.32. The molecule has 2 unspecified atom stereocenters. The minimum atomic E-state index is -4.68. The number of esters is 1. The van der Waals surface area contributed by atoms with Crippen molar-refractivity contribution in [2.24, 2.45) is 5.73 Å². The Balaban J connectivity index is 1.25. The van der Waals surface area contributed by atoms with Gasteiger partial charge in [-0.05, 0) is 47.9 Å². The van der Waals surface area contributed by atoms with E-state index in [4.69, 9.17) is 34.3 Å². The number of carboxylic acids is 1. The number of nitrogens with two attached hydrogens (primary N) is 1. The number of hydrogen-bond donors (Lipinski definition) is 3. The van der Waals surface area contributed by atoms with E-state index in [0.29, 0.717) is 24.5 Å². The van der Waals surface area contributed by atoms with Crippen molar-refractivity contribution in [2.45, 2.75) is 37.7 Å². The predicted molar refractivity (Wildman–Crippen MR) is 158 cm³/mol. The highest BCUT2D eigenvalue weighted by atomic mass is 31.2. The summed E-state index contributed by atoms with van der Waals surface area (Å²) in [6.45, 7) is -0.515. The minimum absolute atomic E-state index is 0.0452. The molecule has 1 heterocycles. The van der Waals surface area contributed by atoms with Crippen molar-refractivity contribution in [1.29, 1.82) is 0 Å². The second-order valence-electron chi connectivity index (χ2n) is 9.72. The second-order valence-corrected chi connectivity index (χ2v) is 11.1. The van der Waals surface area contributed by atoms with E-state index < -0.39 is 44.6 Å². The van der Waals surface area contributed by atoms with Gasteiger partial charge in [0.1, 0.15) is 48.7 Å². The van der Waals surface area contributed by atoms with Gasteiger partial charge >= 0.3 is 19.8 Å². The van der Waals surface area contributed by atoms with Crippen LogP contribution in [-0.4, -0.2) is 60.0 Å². The molecular weight excluding hydrogens is 593 g/mol. The molecule has 4 N–H and O–H groups in total. The zero-order chi connectivity index (χ0) is 31.4. The molecule has 0 spiro atoms. The van der Waals surface area contributed by atoms with Gasteiger partial charge in [0.2, 0.25) is 0 Å². The smallest absolute Gasteiger partial charge is 0.472 e. The number of carboxylic acid groups (broad SMARTS) is 1. The molecule has 234 valence electrons. The van der Waals surface area contributed by atoms with Gasteiger partial charge in [0.15, 0.2) is 0 Å². The molecule has 0 saturated carbocycles. The number of carbonyl (C=O) groups is 2. The molecule has 4 atom stereocenters. The van der Waals surface area contributed by atoms with Crippen LogP contribution in [0.15, 0.2) is 91.0 Å². The zero-order valence-electron chi connectivity index (χ0n) is 23.7. The Bertz CT molecular complexity index is 1470. The molecule has 0 radical (unpaired) electrons. The first-order valence-electron chi connectivity index (χ1n) is 13.8. The lowest BCUT2D eigenvalue weighted by Crippen LogP contribution is -2.38. The maximum atomic E-state index is 12.6. The van der Waals surface area contributed by atoms with E-state index in [1.165, 1.54) is 6.08 Å². The first-order chi connectivity index (χ1) is 21.2. The quantitative estimate of drug-likeness (QED) is 0.116. The van der Waals surface area contributed by atoms with Crippen molar-refractivity contribution in [3.63, 3.8) is 0 Å². The van der Waals surface area contributed by atoms with E-state index in [9.17, 15) is 19.0 Å². The van der Waals surface area contributed by atoms with Crippen LogP contribution in [0.1, 0.15) is 17.5 Å². The fraction of sp³-hybridized carbons (Fsp3) is 0.290. The lowest BCUT2D eigenvalue weighted by molar-refractivity contribution is -0.150. The highest BCUT2D eigenvalue weighted by Gasteiger charge is 2.34. The lowest BCUT2D eigenvalue weighted by atomic mass is 10.1. The van der Waals surface area contributed by atoms with Crippen LogP contribution in [0.3, 0.4) is 0 Å². The standard InChI is InChI=1S/C31H34NO11P/c32-26(31(34)35)20-41-44(36,37)43-28-14-7-17-38-29(28)21-40-30(33)16-15-23-9-4-5-13-27(23)39-19-22-8-6-12-25(18-22)42-24-10-2-1-3-11-24/h1-14,18,26,28-29H,15-17,19-21,32H2,(H,34,35)(H,36,37)/t26-,28?,29+/m0/s1. The minimum Gasteiger partial charge on any atom is -0.489 e. The van der Waals surface area contributed by atoms with Crippen LogP contribution in [0.5, 0.6) is 17.2 Å². The van der Waals surface area contributed by atoms with E-state index in [1.807, 2.05) is 78.9 Å². The van der Waals surface area contributed by atoms with Crippen LogP contribution in [0.4, 0.5) is 0 Å². The third-order valence-electron chi connectivity index (χ3n) is 6.34. The summed E-state index contributed by atoms with van der Waals surface area (Å²) in [5.41, 5.74) is 7.02. The molecule has 12 nitrogen and oxygen atoms in total. The summed E-state index contributed by atoms with van der Waals surface area (Å²) in [6, 6.07) is 23.0. The summed E-state index contributed by atoms with van der Waals surface area (Å²) in [4.78, 5) is 33.4. The Morgan fingerprint density at radius 2 is 1.77 bits per heavy atom. The highest BCUT2D eigenvalue weighted by Crippen LogP contribution is 2.45. The number of hydrogen-bond acceptors (Lipinski definition) is 10. The topological polar surface area (TPSA) is 173 Å². The number of ether oxygens (including phenoxy) is 4. The van der Waals surface area contributed by atoms with Crippen molar-refractivity contribution in [3.05, 3.63) is 102 Å². The number of para-hydroxylation sites is 2. The maximum Gasteiger partial charge on any atom is 0.472 e. The maximum absolute atomic E-state index is 12.6. The molecule has 4 rings (SSSR count). The number of carbonyl (C=O) groups excluding carboxylic acids is 1. The largest absolute Gasteiger partial charge is 0.489 e. The average molecular weight is 628 g/mol. The number of phosphoric ester groups is 1. The molecule has 0 aromatic heterocycles. The van der Waals surface area contributed by atoms with Gasteiger partial charge in [-0.1, -0.05) is 60.7 Å². The molecule has 3 aromatic rings. The summed E-state index contributed by atoms with van der Waals surface area (Å²) in [5.74, 6) is 0.140. The van der Waals surface area contributed by atoms with Gasteiger partial charge in [-0.3, -0.25) is 18.6 Å². The summed E-state index contributed by atoms with van der Waals surface area (Å²) in [7, 11) is -4.68. The number of phosphoric acid groups is 1. The van der Waals surface area contributed by atoms with Gasteiger partial charge in [-0.2, -0.15) is 0 Å².